The predicted octanol–water partition coefficient (Wildman–Crippen LogP) is 4.21. The normalized spacial score (nSPS) is 16.0. The Bertz CT molecular complexity index is 914. The van der Waals surface area contributed by atoms with Gasteiger partial charge in [0.15, 0.2) is 0 Å². The molecule has 7 heteroatoms. The lowest BCUT2D eigenvalue weighted by Gasteiger charge is -2.12. The number of hydrazone groups is 1. The molecular weight excluding hydrogens is 348 g/mol. The second-order valence-electron chi connectivity index (χ2n) is 5.28. The van der Waals surface area contributed by atoms with Crippen LogP contribution in [0, 0.1) is 6.92 Å². The monoisotopic (exact) mass is 360 g/mol. The van der Waals surface area contributed by atoms with E-state index in [2.05, 4.69) is 5.10 Å². The van der Waals surface area contributed by atoms with Crippen molar-refractivity contribution in [3.05, 3.63) is 56.2 Å². The molecule has 1 N–H and O–H groups in total. The van der Waals surface area contributed by atoms with Crippen molar-refractivity contribution < 1.29 is 14.7 Å². The number of halogens is 1. The third-order valence-corrected chi connectivity index (χ3v) is 4.81. The van der Waals surface area contributed by atoms with Gasteiger partial charge in [0.05, 0.1) is 27.6 Å². The summed E-state index contributed by atoms with van der Waals surface area (Å²) in [6, 6.07) is 8.29. The summed E-state index contributed by atoms with van der Waals surface area (Å²) in [5.74, 6) is -1.45. The van der Waals surface area contributed by atoms with E-state index in [4.69, 9.17) is 16.7 Å². The highest BCUT2D eigenvalue weighted by Gasteiger charge is 2.29. The largest absolute Gasteiger partial charge is 0.478 e. The van der Waals surface area contributed by atoms with Crippen LogP contribution < -0.4 is 5.01 Å². The minimum absolute atomic E-state index is 0.0684. The van der Waals surface area contributed by atoms with Gasteiger partial charge in [-0.3, -0.25) is 4.79 Å². The Morgan fingerprint density at radius 1 is 1.29 bits per heavy atom. The molecule has 0 aliphatic carbocycles. The zero-order valence-corrected chi connectivity index (χ0v) is 14.5. The average Bonchev–Trinajstić information content (AvgIpc) is 3.06. The van der Waals surface area contributed by atoms with E-state index in [1.54, 1.807) is 30.4 Å². The molecule has 1 amide bonds. The number of hydrogen-bond donors (Lipinski definition) is 1. The van der Waals surface area contributed by atoms with E-state index < -0.39 is 5.97 Å². The number of benzene rings is 1. The van der Waals surface area contributed by atoms with E-state index in [0.717, 1.165) is 9.75 Å². The molecule has 122 valence electrons. The molecule has 0 bridgehead atoms. The molecule has 0 radical (unpaired) electrons. The van der Waals surface area contributed by atoms with Crippen LogP contribution in [0.5, 0.6) is 0 Å². The summed E-state index contributed by atoms with van der Waals surface area (Å²) < 4.78 is 0. The van der Waals surface area contributed by atoms with Crippen LogP contribution >= 0.6 is 22.9 Å². The maximum absolute atomic E-state index is 12.7. The Balaban J connectivity index is 1.97. The highest BCUT2D eigenvalue weighted by Crippen LogP contribution is 2.29. The van der Waals surface area contributed by atoms with Gasteiger partial charge in [-0.25, -0.2) is 4.79 Å². The summed E-state index contributed by atoms with van der Waals surface area (Å²) in [7, 11) is 0. The first kappa shape index (κ1) is 16.4. The average molecular weight is 361 g/mol. The van der Waals surface area contributed by atoms with Crippen LogP contribution in [0.15, 0.2) is 41.0 Å². The van der Waals surface area contributed by atoms with Crippen molar-refractivity contribution in [3.8, 4) is 0 Å². The van der Waals surface area contributed by atoms with E-state index in [1.165, 1.54) is 17.1 Å². The number of nitrogens with zero attached hydrogens (tertiary/aromatic N) is 2. The van der Waals surface area contributed by atoms with Gasteiger partial charge in [-0.2, -0.15) is 10.1 Å². The highest BCUT2D eigenvalue weighted by molar-refractivity contribution is 7.12. The number of aromatic carboxylic acids is 1. The number of carboxylic acid groups (broad SMARTS) is 1. The number of aryl methyl sites for hydroxylation is 1. The molecule has 0 unspecified atom stereocenters. The zero-order chi connectivity index (χ0) is 17.4. The summed E-state index contributed by atoms with van der Waals surface area (Å²) in [4.78, 5) is 26.0. The molecular formula is C17H13ClN2O3S. The molecule has 2 aromatic rings. The van der Waals surface area contributed by atoms with Crippen LogP contribution in [0.25, 0.3) is 6.08 Å². The van der Waals surface area contributed by atoms with Crippen LogP contribution in [0.4, 0.5) is 5.69 Å². The van der Waals surface area contributed by atoms with Gasteiger partial charge < -0.3 is 5.11 Å². The lowest BCUT2D eigenvalue weighted by molar-refractivity contribution is -0.114. The predicted molar refractivity (Wildman–Crippen MR) is 96.0 cm³/mol. The minimum atomic E-state index is -1.15. The fourth-order valence-electron chi connectivity index (χ4n) is 2.34. The molecule has 5 nitrogen and oxygen atoms in total. The maximum atomic E-state index is 12.7. The highest BCUT2D eigenvalue weighted by atomic mass is 35.5. The van der Waals surface area contributed by atoms with Gasteiger partial charge in [-0.05, 0) is 50.3 Å². The van der Waals surface area contributed by atoms with Gasteiger partial charge in [0.25, 0.3) is 5.91 Å². The molecule has 24 heavy (non-hydrogen) atoms. The van der Waals surface area contributed by atoms with Crippen molar-refractivity contribution in [1.82, 2.24) is 0 Å². The Labute approximate surface area is 147 Å². The lowest BCUT2D eigenvalue weighted by atomic mass is 10.1. The fraction of sp³-hybridized carbons (Fsp3) is 0.118. The van der Waals surface area contributed by atoms with Crippen molar-refractivity contribution in [2.75, 3.05) is 5.01 Å². The van der Waals surface area contributed by atoms with Gasteiger partial charge >= 0.3 is 5.97 Å². The first-order valence-electron chi connectivity index (χ1n) is 7.08. The second kappa shape index (κ2) is 6.22. The van der Waals surface area contributed by atoms with Crippen LogP contribution in [0.1, 0.15) is 27.0 Å². The second-order valence-corrected chi connectivity index (χ2v) is 7.00. The Morgan fingerprint density at radius 3 is 2.67 bits per heavy atom. The van der Waals surface area contributed by atoms with Gasteiger partial charge in [0.1, 0.15) is 0 Å². The molecule has 1 aromatic heterocycles. The van der Waals surface area contributed by atoms with Gasteiger partial charge in [0.2, 0.25) is 0 Å². The van der Waals surface area contributed by atoms with Crippen LogP contribution in [-0.4, -0.2) is 22.7 Å². The quantitative estimate of drug-likeness (QED) is 0.833. The molecule has 2 heterocycles. The van der Waals surface area contributed by atoms with Crippen molar-refractivity contribution in [2.24, 2.45) is 5.10 Å². The van der Waals surface area contributed by atoms with Crippen LogP contribution in [0.2, 0.25) is 5.02 Å². The molecule has 3 rings (SSSR count). The van der Waals surface area contributed by atoms with E-state index in [0.29, 0.717) is 17.0 Å². The molecule has 0 fully saturated rings. The van der Waals surface area contributed by atoms with Crippen molar-refractivity contribution in [1.29, 1.82) is 0 Å². The number of hydrogen-bond acceptors (Lipinski definition) is 4. The smallest absolute Gasteiger partial charge is 0.337 e. The fourth-order valence-corrected chi connectivity index (χ4v) is 3.36. The molecule has 1 aromatic carbocycles. The summed E-state index contributed by atoms with van der Waals surface area (Å²) in [5.41, 5.74) is 1.37. The topological polar surface area (TPSA) is 70.0 Å². The number of carbonyl (C=O) groups excluding carboxylic acids is 1. The van der Waals surface area contributed by atoms with Gasteiger partial charge in [-0.15, -0.1) is 11.3 Å². The summed E-state index contributed by atoms with van der Waals surface area (Å²) >= 11 is 7.46. The molecule has 0 saturated carbocycles. The number of anilines is 1. The minimum Gasteiger partial charge on any atom is -0.478 e. The molecule has 1 aliphatic rings. The number of amides is 1. The molecule has 0 atom stereocenters. The van der Waals surface area contributed by atoms with Gasteiger partial charge in [-0.1, -0.05) is 11.6 Å². The number of rotatable bonds is 3. The van der Waals surface area contributed by atoms with Crippen LogP contribution in [0.3, 0.4) is 0 Å². The SMILES string of the molecule is CC1=NN(c2ccc(Cl)c(C(=O)O)c2)C(=O)/C1=C/c1ccc(C)s1. The van der Waals surface area contributed by atoms with Gasteiger partial charge in [0, 0.05) is 9.75 Å². The maximum Gasteiger partial charge on any atom is 0.337 e. The van der Waals surface area contributed by atoms with E-state index in [1.807, 2.05) is 19.1 Å². The number of carbonyl (C=O) groups is 2. The molecule has 0 spiro atoms. The Hall–Kier alpha value is -2.44. The third-order valence-electron chi connectivity index (χ3n) is 3.54. The lowest BCUT2D eigenvalue weighted by Crippen LogP contribution is -2.21. The standard InChI is InChI=1S/C17H13ClN2O3S/c1-9-3-5-12(24-9)8-13-10(2)19-20(16(13)21)11-4-6-15(18)14(7-11)17(22)23/h3-8H,1-2H3,(H,22,23)/b13-8+. The van der Waals surface area contributed by atoms with Crippen molar-refractivity contribution in [3.63, 3.8) is 0 Å². The number of carboxylic acids is 1. The first-order chi connectivity index (χ1) is 11.4. The zero-order valence-electron chi connectivity index (χ0n) is 12.9. The summed E-state index contributed by atoms with van der Waals surface area (Å²) in [6.07, 6.45) is 1.80. The van der Waals surface area contributed by atoms with E-state index in [-0.39, 0.29) is 16.5 Å². The molecule has 1 aliphatic heterocycles. The van der Waals surface area contributed by atoms with Crippen molar-refractivity contribution in [2.45, 2.75) is 13.8 Å². The van der Waals surface area contributed by atoms with E-state index in [9.17, 15) is 9.59 Å². The van der Waals surface area contributed by atoms with Crippen LogP contribution in [-0.2, 0) is 4.79 Å². The van der Waals surface area contributed by atoms with Crippen molar-refractivity contribution >= 4 is 52.3 Å². The Kier molecular flexibility index (Phi) is 4.26. The van der Waals surface area contributed by atoms with E-state index >= 15 is 0 Å². The summed E-state index contributed by atoms with van der Waals surface area (Å²) in [5, 5.41) is 14.7. The molecule has 0 saturated heterocycles. The third kappa shape index (κ3) is 2.98. The summed E-state index contributed by atoms with van der Waals surface area (Å²) in [6.45, 7) is 3.75. The number of thiophene rings is 1. The first-order valence-corrected chi connectivity index (χ1v) is 8.27. The Morgan fingerprint density at radius 2 is 2.04 bits per heavy atom.